The van der Waals surface area contributed by atoms with Crippen LogP contribution in [0.3, 0.4) is 0 Å². The van der Waals surface area contributed by atoms with Gasteiger partial charge in [0.2, 0.25) is 0 Å². The third-order valence-corrected chi connectivity index (χ3v) is 7.08. The molecule has 0 saturated heterocycles. The van der Waals surface area contributed by atoms with Crippen LogP contribution in [-0.4, -0.2) is 74.9 Å². The van der Waals surface area contributed by atoms with Crippen LogP contribution in [0.2, 0.25) is 0 Å². The van der Waals surface area contributed by atoms with E-state index in [1.54, 1.807) is 6.92 Å². The summed E-state index contributed by atoms with van der Waals surface area (Å²) in [5.74, 6) is -0.910. The van der Waals surface area contributed by atoms with Crippen molar-refractivity contribution in [2.24, 2.45) is 0 Å². The summed E-state index contributed by atoms with van der Waals surface area (Å²) >= 11 is 0. The molecule has 0 aromatic carbocycles. The van der Waals surface area contributed by atoms with Gasteiger partial charge in [0.15, 0.2) is 6.10 Å². The molecule has 0 fully saturated rings. The maximum Gasteiger partial charge on any atom is 0.472 e. The van der Waals surface area contributed by atoms with E-state index in [1.807, 2.05) is 21.1 Å². The first-order chi connectivity index (χ1) is 18.5. The molecule has 1 unspecified atom stereocenters. The third kappa shape index (κ3) is 26.7. The lowest BCUT2D eigenvalue weighted by molar-refractivity contribution is -0.870. The minimum atomic E-state index is -4.32. The molecule has 1 N–H and O–H groups in total. The van der Waals surface area contributed by atoms with Crippen molar-refractivity contribution in [3.05, 3.63) is 12.2 Å². The number of rotatable bonds is 26. The highest BCUT2D eigenvalue weighted by Gasteiger charge is 2.26. The number of phosphoric ester groups is 1. The molecule has 0 spiro atoms. The van der Waals surface area contributed by atoms with Gasteiger partial charge in [-0.3, -0.25) is 18.6 Å². The molecular weight excluding hydrogens is 521 g/mol. The molecule has 0 saturated carbocycles. The van der Waals surface area contributed by atoms with E-state index in [2.05, 4.69) is 19.1 Å². The number of quaternary nitrogens is 1. The van der Waals surface area contributed by atoms with Gasteiger partial charge in [0.1, 0.15) is 19.8 Å². The highest BCUT2D eigenvalue weighted by Crippen LogP contribution is 2.43. The number of nitrogens with zero attached hydrogens (tertiary/aromatic N) is 1. The van der Waals surface area contributed by atoms with E-state index >= 15 is 0 Å². The Morgan fingerprint density at radius 3 is 1.92 bits per heavy atom. The normalized spacial score (nSPS) is 14.3. The average molecular weight is 579 g/mol. The highest BCUT2D eigenvalue weighted by molar-refractivity contribution is 7.47. The largest absolute Gasteiger partial charge is 0.472 e. The van der Waals surface area contributed by atoms with Gasteiger partial charge < -0.3 is 18.9 Å². The van der Waals surface area contributed by atoms with E-state index in [4.69, 9.17) is 18.5 Å². The number of unbranched alkanes of at least 4 members (excludes halogenated alkanes) is 11. The lowest BCUT2D eigenvalue weighted by atomic mass is 10.1. The predicted molar refractivity (Wildman–Crippen MR) is 155 cm³/mol. The Hall–Kier alpha value is -1.25. The van der Waals surface area contributed by atoms with Gasteiger partial charge in [-0.15, -0.1) is 0 Å². The fourth-order valence-electron chi connectivity index (χ4n) is 3.63. The number of likely N-dealkylation sites (N-methyl/N-ethyl adjacent to an activating group) is 1. The zero-order valence-electron chi connectivity index (χ0n) is 25.4. The van der Waals surface area contributed by atoms with Crippen LogP contribution < -0.4 is 0 Å². The van der Waals surface area contributed by atoms with Crippen LogP contribution in [0.5, 0.6) is 0 Å². The fraction of sp³-hybridized carbons (Fsp3) is 0.862. The summed E-state index contributed by atoms with van der Waals surface area (Å²) in [4.78, 5) is 33.7. The van der Waals surface area contributed by atoms with E-state index in [0.29, 0.717) is 11.0 Å². The van der Waals surface area contributed by atoms with Crippen LogP contribution in [0.25, 0.3) is 0 Å². The van der Waals surface area contributed by atoms with E-state index in [1.165, 1.54) is 44.9 Å². The quantitative estimate of drug-likeness (QED) is 0.0396. The lowest BCUT2D eigenvalue weighted by Crippen LogP contribution is -2.37. The van der Waals surface area contributed by atoms with Crippen molar-refractivity contribution in [3.8, 4) is 0 Å². The number of hydrogen-bond acceptors (Lipinski definition) is 7. The molecule has 39 heavy (non-hydrogen) atoms. The van der Waals surface area contributed by atoms with Crippen molar-refractivity contribution >= 4 is 19.8 Å². The monoisotopic (exact) mass is 578 g/mol. The SMILES string of the molecule is CCCCCCCC/C=C\CCCCCCCC(=O)OC[C@H](COP(=O)(O)OCC[N+](C)(C)C)OC(=O)CC. The Bertz CT molecular complexity index is 708. The van der Waals surface area contributed by atoms with Gasteiger partial charge in [-0.25, -0.2) is 4.57 Å². The molecule has 0 aliphatic rings. The minimum absolute atomic E-state index is 0.0294. The Morgan fingerprint density at radius 2 is 1.36 bits per heavy atom. The molecule has 0 bridgehead atoms. The first kappa shape index (κ1) is 37.8. The van der Waals surface area contributed by atoms with Crippen LogP contribution in [0.15, 0.2) is 12.2 Å². The maximum atomic E-state index is 12.1. The standard InChI is InChI=1S/C29H56NO8P/c1-6-8-9-10-11-12-13-14-15-16-17-18-19-20-21-22-29(32)35-25-27(38-28(31)7-2)26-37-39(33,34)36-24-23-30(3,4)5/h14-15,27H,6-13,16-26H2,1-5H3/p+1/b15-14-/t27-/m1/s1. The van der Waals surface area contributed by atoms with Crippen LogP contribution >= 0.6 is 7.82 Å². The van der Waals surface area contributed by atoms with Gasteiger partial charge in [-0.1, -0.05) is 77.4 Å². The summed E-state index contributed by atoms with van der Waals surface area (Å²) in [6, 6.07) is 0. The van der Waals surface area contributed by atoms with E-state index in [0.717, 1.165) is 38.5 Å². The Kier molecular flexibility index (Phi) is 22.7. The summed E-state index contributed by atoms with van der Waals surface area (Å²) in [7, 11) is 1.46. The van der Waals surface area contributed by atoms with Crippen LogP contribution in [0.1, 0.15) is 110 Å². The van der Waals surface area contributed by atoms with Crippen LogP contribution in [-0.2, 0) is 32.7 Å². The molecule has 10 heteroatoms. The number of carbonyl (C=O) groups is 2. The Balaban J connectivity index is 4.04. The molecule has 230 valence electrons. The second-order valence-electron chi connectivity index (χ2n) is 11.1. The van der Waals surface area contributed by atoms with Crippen molar-refractivity contribution in [1.82, 2.24) is 0 Å². The summed E-state index contributed by atoms with van der Waals surface area (Å²) < 4.78 is 33.1. The first-order valence-corrected chi connectivity index (χ1v) is 16.4. The number of esters is 2. The zero-order chi connectivity index (χ0) is 29.4. The molecule has 0 aliphatic carbocycles. The van der Waals surface area contributed by atoms with Gasteiger partial charge in [0.05, 0.1) is 27.7 Å². The second-order valence-corrected chi connectivity index (χ2v) is 12.5. The molecule has 0 amide bonds. The first-order valence-electron chi connectivity index (χ1n) is 14.9. The summed E-state index contributed by atoms with van der Waals surface area (Å²) in [6.45, 7) is 3.76. The molecule has 0 aromatic heterocycles. The third-order valence-electron chi connectivity index (χ3n) is 6.10. The average Bonchev–Trinajstić information content (AvgIpc) is 2.86. The number of ether oxygens (including phenoxy) is 2. The Morgan fingerprint density at radius 1 is 0.795 bits per heavy atom. The molecule has 2 atom stereocenters. The molecule has 9 nitrogen and oxygen atoms in total. The summed E-state index contributed by atoms with van der Waals surface area (Å²) in [6.07, 6.45) is 19.4. The fourth-order valence-corrected chi connectivity index (χ4v) is 4.37. The van der Waals surface area contributed by atoms with Gasteiger partial charge in [0.25, 0.3) is 0 Å². The smallest absolute Gasteiger partial charge is 0.462 e. The molecule has 0 radical (unpaired) electrons. The predicted octanol–water partition coefficient (Wildman–Crippen LogP) is 6.73. The Labute approximate surface area is 237 Å². The number of phosphoric acid groups is 1. The lowest BCUT2D eigenvalue weighted by Gasteiger charge is -2.24. The van der Waals surface area contributed by atoms with E-state index in [-0.39, 0.29) is 26.1 Å². The summed E-state index contributed by atoms with van der Waals surface area (Å²) in [5.41, 5.74) is 0. The van der Waals surface area contributed by atoms with Crippen molar-refractivity contribution in [3.63, 3.8) is 0 Å². The van der Waals surface area contributed by atoms with Gasteiger partial charge >= 0.3 is 19.8 Å². The van der Waals surface area contributed by atoms with Crippen molar-refractivity contribution in [2.75, 3.05) is 47.5 Å². The number of carbonyl (C=O) groups excluding carboxylic acids is 2. The maximum absolute atomic E-state index is 12.1. The highest BCUT2D eigenvalue weighted by atomic mass is 31.2. The molecule has 0 rings (SSSR count). The van der Waals surface area contributed by atoms with Crippen molar-refractivity contribution in [1.29, 1.82) is 0 Å². The van der Waals surface area contributed by atoms with E-state index < -0.39 is 32.5 Å². The van der Waals surface area contributed by atoms with E-state index in [9.17, 15) is 19.0 Å². The molecule has 0 aromatic rings. The molecule has 0 aliphatic heterocycles. The molecular formula is C29H57NO8P+. The van der Waals surface area contributed by atoms with Gasteiger partial charge in [0, 0.05) is 12.8 Å². The van der Waals surface area contributed by atoms with Crippen LogP contribution in [0.4, 0.5) is 0 Å². The molecule has 0 heterocycles. The van der Waals surface area contributed by atoms with Crippen LogP contribution in [0, 0.1) is 0 Å². The van der Waals surface area contributed by atoms with Crippen molar-refractivity contribution < 1.29 is 42.1 Å². The number of allylic oxidation sites excluding steroid dienone is 2. The topological polar surface area (TPSA) is 108 Å². The number of hydrogen-bond donors (Lipinski definition) is 1. The van der Waals surface area contributed by atoms with Gasteiger partial charge in [-0.05, 0) is 32.1 Å². The minimum Gasteiger partial charge on any atom is -0.462 e. The zero-order valence-corrected chi connectivity index (χ0v) is 26.3. The summed E-state index contributed by atoms with van der Waals surface area (Å²) in [5, 5.41) is 0. The second kappa shape index (κ2) is 23.5. The van der Waals surface area contributed by atoms with Gasteiger partial charge in [-0.2, -0.15) is 0 Å². The van der Waals surface area contributed by atoms with Crippen molar-refractivity contribution in [2.45, 2.75) is 116 Å².